The minimum atomic E-state index is -0.759. The van der Waals surface area contributed by atoms with Crippen molar-refractivity contribution in [1.29, 1.82) is 0 Å². The Labute approximate surface area is 77.6 Å². The number of nitrogens with zero attached hydrogens (tertiary/aromatic N) is 3. The van der Waals surface area contributed by atoms with Gasteiger partial charge in [-0.2, -0.15) is 5.10 Å². The number of hydrogen-bond donors (Lipinski definition) is 2. The molecule has 74 valence electrons. The normalized spacial score (nSPS) is 15.8. The maximum atomic E-state index is 9.66. The van der Waals surface area contributed by atoms with E-state index < -0.39 is 6.10 Å². The average molecular weight is 184 g/mol. The van der Waals surface area contributed by atoms with Crippen LogP contribution in [0.5, 0.6) is 0 Å². The second-order valence-electron chi connectivity index (χ2n) is 3.16. The fraction of sp³-hybridized carbons (Fsp3) is 0.750. The zero-order chi connectivity index (χ0) is 10.0. The van der Waals surface area contributed by atoms with Crippen molar-refractivity contribution in [2.24, 2.45) is 12.8 Å². The van der Waals surface area contributed by atoms with E-state index in [1.165, 1.54) is 0 Å². The predicted molar refractivity (Wildman–Crippen MR) is 49.0 cm³/mol. The van der Waals surface area contributed by atoms with Crippen LogP contribution in [0, 0.1) is 6.92 Å². The molecule has 0 fully saturated rings. The van der Waals surface area contributed by atoms with Gasteiger partial charge in [-0.15, -0.1) is 0 Å². The van der Waals surface area contributed by atoms with Gasteiger partial charge >= 0.3 is 0 Å². The molecule has 0 aliphatic heterocycles. The van der Waals surface area contributed by atoms with E-state index in [0.29, 0.717) is 12.2 Å². The van der Waals surface area contributed by atoms with Gasteiger partial charge in [-0.25, -0.2) is 4.98 Å². The van der Waals surface area contributed by atoms with Crippen LogP contribution in [0.2, 0.25) is 0 Å². The summed E-state index contributed by atoms with van der Waals surface area (Å²) in [4.78, 5) is 4.10. The highest BCUT2D eigenvalue weighted by molar-refractivity contribution is 4.97. The summed E-state index contributed by atoms with van der Waals surface area (Å²) >= 11 is 0. The van der Waals surface area contributed by atoms with Gasteiger partial charge in [-0.1, -0.05) is 6.92 Å². The van der Waals surface area contributed by atoms with E-state index >= 15 is 0 Å². The zero-order valence-electron chi connectivity index (χ0n) is 8.23. The first-order chi connectivity index (χ1) is 6.06. The summed E-state index contributed by atoms with van der Waals surface area (Å²) in [6, 6.07) is -0.290. The number of nitrogens with two attached hydrogens (primary N) is 1. The topological polar surface area (TPSA) is 77.0 Å². The van der Waals surface area contributed by atoms with Crippen molar-refractivity contribution in [1.82, 2.24) is 14.8 Å². The summed E-state index contributed by atoms with van der Waals surface area (Å²) in [5, 5.41) is 13.7. The van der Waals surface area contributed by atoms with E-state index in [1.807, 2.05) is 13.8 Å². The SMILES string of the molecule is CCC(N)C(O)c1nc(C)n(C)n1. The fourth-order valence-corrected chi connectivity index (χ4v) is 1.03. The minimum Gasteiger partial charge on any atom is -0.383 e. The molecule has 1 aromatic rings. The predicted octanol–water partition coefficient (Wildman–Crippen LogP) is -0.106. The Morgan fingerprint density at radius 3 is 2.62 bits per heavy atom. The molecule has 0 bridgehead atoms. The summed E-state index contributed by atoms with van der Waals surface area (Å²) in [6.07, 6.45) is -0.0525. The lowest BCUT2D eigenvalue weighted by molar-refractivity contribution is 0.135. The number of aliphatic hydroxyl groups is 1. The van der Waals surface area contributed by atoms with Gasteiger partial charge in [0.1, 0.15) is 11.9 Å². The van der Waals surface area contributed by atoms with Crippen LogP contribution in [0.15, 0.2) is 0 Å². The molecular weight excluding hydrogens is 168 g/mol. The highest BCUT2D eigenvalue weighted by Crippen LogP contribution is 2.13. The summed E-state index contributed by atoms with van der Waals surface area (Å²) in [5.74, 6) is 1.19. The minimum absolute atomic E-state index is 0.290. The maximum absolute atomic E-state index is 9.66. The van der Waals surface area contributed by atoms with Crippen molar-refractivity contribution >= 4 is 0 Å². The quantitative estimate of drug-likeness (QED) is 0.687. The monoisotopic (exact) mass is 184 g/mol. The second kappa shape index (κ2) is 3.85. The number of hydrogen-bond acceptors (Lipinski definition) is 4. The number of aryl methyl sites for hydroxylation is 2. The van der Waals surface area contributed by atoms with Crippen LogP contribution in [0.25, 0.3) is 0 Å². The van der Waals surface area contributed by atoms with E-state index in [9.17, 15) is 5.11 Å². The summed E-state index contributed by atoms with van der Waals surface area (Å²) in [5.41, 5.74) is 5.67. The fourth-order valence-electron chi connectivity index (χ4n) is 1.03. The van der Waals surface area contributed by atoms with Gasteiger partial charge in [0.15, 0.2) is 5.82 Å². The lowest BCUT2D eigenvalue weighted by Gasteiger charge is -2.12. The molecule has 5 nitrogen and oxygen atoms in total. The molecule has 0 aliphatic carbocycles. The van der Waals surface area contributed by atoms with Gasteiger partial charge in [0.25, 0.3) is 0 Å². The molecule has 0 saturated heterocycles. The molecule has 2 unspecified atom stereocenters. The van der Waals surface area contributed by atoms with Gasteiger partial charge in [0.2, 0.25) is 0 Å². The van der Waals surface area contributed by atoms with Crippen molar-refractivity contribution in [3.05, 3.63) is 11.6 Å². The molecule has 0 saturated carbocycles. The lowest BCUT2D eigenvalue weighted by Crippen LogP contribution is -2.28. The third-order valence-electron chi connectivity index (χ3n) is 2.14. The van der Waals surface area contributed by atoms with Crippen molar-refractivity contribution in [2.75, 3.05) is 0 Å². The van der Waals surface area contributed by atoms with Crippen molar-refractivity contribution in [3.8, 4) is 0 Å². The zero-order valence-corrected chi connectivity index (χ0v) is 8.23. The Balaban J connectivity index is 2.82. The Morgan fingerprint density at radius 1 is 1.62 bits per heavy atom. The number of aromatic nitrogens is 3. The molecule has 1 rings (SSSR count). The van der Waals surface area contributed by atoms with Crippen LogP contribution in [0.3, 0.4) is 0 Å². The molecular formula is C8H16N4O. The third kappa shape index (κ3) is 2.05. The highest BCUT2D eigenvalue weighted by Gasteiger charge is 2.19. The standard InChI is InChI=1S/C8H16N4O/c1-4-6(9)7(13)8-10-5(2)12(3)11-8/h6-7,13H,4,9H2,1-3H3. The Bertz CT molecular complexity index is 264. The lowest BCUT2D eigenvalue weighted by atomic mass is 10.1. The van der Waals surface area contributed by atoms with Crippen LogP contribution in [0.4, 0.5) is 0 Å². The van der Waals surface area contributed by atoms with Gasteiger partial charge in [-0.05, 0) is 13.3 Å². The van der Waals surface area contributed by atoms with Gasteiger partial charge in [-0.3, -0.25) is 4.68 Å². The van der Waals surface area contributed by atoms with Crippen molar-refractivity contribution < 1.29 is 5.11 Å². The van der Waals surface area contributed by atoms with E-state index in [-0.39, 0.29) is 6.04 Å². The molecule has 13 heavy (non-hydrogen) atoms. The molecule has 0 radical (unpaired) electrons. The van der Waals surface area contributed by atoms with Gasteiger partial charge < -0.3 is 10.8 Å². The number of aliphatic hydroxyl groups excluding tert-OH is 1. The molecule has 5 heteroatoms. The van der Waals surface area contributed by atoms with E-state index in [0.717, 1.165) is 5.82 Å². The molecule has 0 amide bonds. The van der Waals surface area contributed by atoms with Crippen molar-refractivity contribution in [3.63, 3.8) is 0 Å². The van der Waals surface area contributed by atoms with Gasteiger partial charge in [0.05, 0.1) is 0 Å². The summed E-state index contributed by atoms with van der Waals surface area (Å²) in [6.45, 7) is 3.75. The Kier molecular flexibility index (Phi) is 3.00. The molecule has 1 heterocycles. The largest absolute Gasteiger partial charge is 0.383 e. The second-order valence-corrected chi connectivity index (χ2v) is 3.16. The first kappa shape index (κ1) is 10.1. The average Bonchev–Trinajstić information content (AvgIpc) is 2.44. The maximum Gasteiger partial charge on any atom is 0.180 e. The van der Waals surface area contributed by atoms with Crippen LogP contribution in [-0.2, 0) is 7.05 Å². The molecule has 1 aromatic heterocycles. The molecule has 3 N–H and O–H groups in total. The summed E-state index contributed by atoms with van der Waals surface area (Å²) < 4.78 is 1.63. The highest BCUT2D eigenvalue weighted by atomic mass is 16.3. The molecule has 0 spiro atoms. The van der Waals surface area contributed by atoms with Crippen LogP contribution in [0.1, 0.15) is 31.1 Å². The van der Waals surface area contributed by atoms with Crippen LogP contribution < -0.4 is 5.73 Å². The Morgan fingerprint density at radius 2 is 2.23 bits per heavy atom. The van der Waals surface area contributed by atoms with E-state index in [1.54, 1.807) is 11.7 Å². The van der Waals surface area contributed by atoms with E-state index in [2.05, 4.69) is 10.1 Å². The van der Waals surface area contributed by atoms with Gasteiger partial charge in [0, 0.05) is 13.1 Å². The van der Waals surface area contributed by atoms with Crippen LogP contribution in [-0.4, -0.2) is 25.9 Å². The van der Waals surface area contributed by atoms with E-state index in [4.69, 9.17) is 5.73 Å². The molecule has 0 aromatic carbocycles. The first-order valence-corrected chi connectivity index (χ1v) is 4.37. The third-order valence-corrected chi connectivity index (χ3v) is 2.14. The van der Waals surface area contributed by atoms with Crippen LogP contribution >= 0.6 is 0 Å². The molecule has 0 aliphatic rings. The molecule has 2 atom stereocenters. The summed E-state index contributed by atoms with van der Waals surface area (Å²) in [7, 11) is 1.79. The Hall–Kier alpha value is -0.940. The van der Waals surface area contributed by atoms with Crippen molar-refractivity contribution in [2.45, 2.75) is 32.4 Å². The number of rotatable bonds is 3. The smallest absolute Gasteiger partial charge is 0.180 e. The first-order valence-electron chi connectivity index (χ1n) is 4.37.